The lowest BCUT2D eigenvalue weighted by atomic mass is 10.6. The van der Waals surface area contributed by atoms with Crippen molar-refractivity contribution >= 4 is 11.9 Å². The molecule has 0 aliphatic rings. The molecule has 0 aliphatic carbocycles. The fraction of sp³-hybridized carbons (Fsp3) is 0.667. The summed E-state index contributed by atoms with van der Waals surface area (Å²) in [5.74, 6) is 0.481. The molecule has 0 saturated heterocycles. The van der Waals surface area contributed by atoms with Gasteiger partial charge in [0.25, 0.3) is 11.9 Å². The third-order valence-corrected chi connectivity index (χ3v) is 1.34. The molecule has 7 nitrogen and oxygen atoms in total. The molecule has 0 fully saturated rings. The summed E-state index contributed by atoms with van der Waals surface area (Å²) in [6.45, 7) is 1.65. The van der Waals surface area contributed by atoms with Gasteiger partial charge in [-0.25, -0.2) is 0 Å². The van der Waals surface area contributed by atoms with Gasteiger partial charge in [0.05, 0.1) is 0 Å². The highest BCUT2D eigenvalue weighted by atomic mass is 15.4. The van der Waals surface area contributed by atoms with Gasteiger partial charge in [-0.15, -0.1) is 20.4 Å². The zero-order valence-electron chi connectivity index (χ0n) is 7.73. The minimum absolute atomic E-state index is 0.0816. The Balaban J connectivity index is 2.33. The minimum atomic E-state index is 0.0816. The first-order chi connectivity index (χ1) is 6.18. The quantitative estimate of drug-likeness (QED) is 0.607. The van der Waals surface area contributed by atoms with E-state index in [9.17, 15) is 0 Å². The van der Waals surface area contributed by atoms with Crippen molar-refractivity contribution < 1.29 is 0 Å². The van der Waals surface area contributed by atoms with Gasteiger partial charge in [0.1, 0.15) is 0 Å². The van der Waals surface area contributed by atoms with Crippen LogP contribution in [0.5, 0.6) is 0 Å². The number of hydrogen-bond donors (Lipinski definition) is 2. The summed E-state index contributed by atoms with van der Waals surface area (Å²) in [4.78, 5) is 2.05. The highest BCUT2D eigenvalue weighted by molar-refractivity contribution is 5.21. The van der Waals surface area contributed by atoms with Crippen molar-refractivity contribution in [2.75, 3.05) is 38.2 Å². The monoisotopic (exact) mass is 183 g/mol. The molecule has 1 aromatic rings. The maximum Gasteiger partial charge on any atom is 0.262 e. The summed E-state index contributed by atoms with van der Waals surface area (Å²) < 4.78 is 0. The summed E-state index contributed by atoms with van der Waals surface area (Å²) in [6, 6.07) is 0. The van der Waals surface area contributed by atoms with Gasteiger partial charge in [-0.05, 0) is 14.1 Å². The predicted molar refractivity (Wildman–Crippen MR) is 49.1 cm³/mol. The van der Waals surface area contributed by atoms with Crippen LogP contribution in [0.1, 0.15) is 0 Å². The highest BCUT2D eigenvalue weighted by Crippen LogP contribution is 1.91. The molecule has 0 unspecified atom stereocenters. The van der Waals surface area contributed by atoms with Crippen LogP contribution >= 0.6 is 0 Å². The third-order valence-electron chi connectivity index (χ3n) is 1.34. The van der Waals surface area contributed by atoms with Crippen molar-refractivity contribution in [3.05, 3.63) is 0 Å². The second kappa shape index (κ2) is 4.51. The van der Waals surface area contributed by atoms with E-state index in [0.29, 0.717) is 5.95 Å². The second-order valence-electron chi connectivity index (χ2n) is 2.81. The van der Waals surface area contributed by atoms with E-state index in [1.54, 1.807) is 0 Å². The second-order valence-corrected chi connectivity index (χ2v) is 2.81. The molecule has 0 atom stereocenters. The highest BCUT2D eigenvalue weighted by Gasteiger charge is 1.96. The molecule has 1 rings (SSSR count). The lowest BCUT2D eigenvalue weighted by Gasteiger charge is -2.09. The lowest BCUT2D eigenvalue weighted by Crippen LogP contribution is -2.22. The van der Waals surface area contributed by atoms with Gasteiger partial charge in [0.2, 0.25) is 0 Å². The SMILES string of the molecule is CN(C)CCNc1nnc(N)nn1. The molecular weight excluding hydrogens is 170 g/mol. The summed E-state index contributed by atoms with van der Waals surface area (Å²) >= 11 is 0. The van der Waals surface area contributed by atoms with Crippen LogP contribution in [0.15, 0.2) is 0 Å². The van der Waals surface area contributed by atoms with Gasteiger partial charge >= 0.3 is 0 Å². The van der Waals surface area contributed by atoms with Crippen LogP contribution in [0, 0.1) is 0 Å². The molecule has 1 heterocycles. The van der Waals surface area contributed by atoms with Crippen LogP contribution in [-0.4, -0.2) is 52.5 Å². The normalized spacial score (nSPS) is 10.4. The Bertz CT molecular complexity index is 244. The van der Waals surface area contributed by atoms with E-state index < -0.39 is 0 Å². The van der Waals surface area contributed by atoms with Gasteiger partial charge in [-0.3, -0.25) is 0 Å². The van der Waals surface area contributed by atoms with Crippen molar-refractivity contribution in [2.24, 2.45) is 0 Å². The Morgan fingerprint density at radius 1 is 1.23 bits per heavy atom. The van der Waals surface area contributed by atoms with Crippen LogP contribution < -0.4 is 11.1 Å². The average Bonchev–Trinajstić information content (AvgIpc) is 2.08. The molecule has 7 heteroatoms. The summed E-state index contributed by atoms with van der Waals surface area (Å²) in [5.41, 5.74) is 5.22. The van der Waals surface area contributed by atoms with Crippen LogP contribution in [0.25, 0.3) is 0 Å². The molecule has 0 bridgehead atoms. The standard InChI is InChI=1S/C6H13N7/c1-13(2)4-3-8-6-11-9-5(7)10-12-6/h3-4H2,1-2H3,(H2,7,9,10)(H,8,11,12). The molecule has 72 valence electrons. The number of nitrogen functional groups attached to an aromatic ring is 1. The Kier molecular flexibility index (Phi) is 3.32. The largest absolute Gasteiger partial charge is 0.365 e. The molecule has 0 spiro atoms. The predicted octanol–water partition coefficient (Wildman–Crippen LogP) is -1.18. The number of nitrogens with two attached hydrogens (primary N) is 1. The first kappa shape index (κ1) is 9.59. The van der Waals surface area contributed by atoms with Crippen molar-refractivity contribution in [2.45, 2.75) is 0 Å². The van der Waals surface area contributed by atoms with Gasteiger partial charge in [-0.2, -0.15) is 0 Å². The van der Waals surface area contributed by atoms with Crippen molar-refractivity contribution in [1.29, 1.82) is 0 Å². The molecule has 0 amide bonds. The van der Waals surface area contributed by atoms with E-state index in [-0.39, 0.29) is 5.95 Å². The van der Waals surface area contributed by atoms with E-state index in [0.717, 1.165) is 13.1 Å². The van der Waals surface area contributed by atoms with Crippen molar-refractivity contribution in [3.8, 4) is 0 Å². The molecule has 1 aromatic heterocycles. The van der Waals surface area contributed by atoms with Gasteiger partial charge in [0.15, 0.2) is 0 Å². The first-order valence-corrected chi connectivity index (χ1v) is 3.90. The smallest absolute Gasteiger partial charge is 0.262 e. The van der Waals surface area contributed by atoms with E-state index >= 15 is 0 Å². The van der Waals surface area contributed by atoms with Gasteiger partial charge in [-0.1, -0.05) is 0 Å². The molecule has 3 N–H and O–H groups in total. The molecule has 0 aromatic carbocycles. The number of rotatable bonds is 4. The number of nitrogens with one attached hydrogen (secondary N) is 1. The topological polar surface area (TPSA) is 92.8 Å². The number of hydrogen-bond acceptors (Lipinski definition) is 7. The maximum atomic E-state index is 5.22. The van der Waals surface area contributed by atoms with Crippen molar-refractivity contribution in [3.63, 3.8) is 0 Å². The molecule has 0 saturated carbocycles. The average molecular weight is 183 g/mol. The lowest BCUT2D eigenvalue weighted by molar-refractivity contribution is 0.424. The number of aromatic nitrogens is 4. The van der Waals surface area contributed by atoms with E-state index in [1.165, 1.54) is 0 Å². The summed E-state index contributed by atoms with van der Waals surface area (Å²) in [6.07, 6.45) is 0. The Labute approximate surface area is 76.4 Å². The zero-order chi connectivity index (χ0) is 9.68. The van der Waals surface area contributed by atoms with Crippen LogP contribution in [0.2, 0.25) is 0 Å². The zero-order valence-corrected chi connectivity index (χ0v) is 7.73. The summed E-state index contributed by atoms with van der Waals surface area (Å²) in [7, 11) is 3.98. The van der Waals surface area contributed by atoms with Crippen molar-refractivity contribution in [1.82, 2.24) is 25.3 Å². The fourth-order valence-electron chi connectivity index (χ4n) is 0.699. The van der Waals surface area contributed by atoms with E-state index in [4.69, 9.17) is 5.73 Å². The Hall–Kier alpha value is -1.50. The van der Waals surface area contributed by atoms with Crippen LogP contribution in [0.4, 0.5) is 11.9 Å². The fourth-order valence-corrected chi connectivity index (χ4v) is 0.699. The van der Waals surface area contributed by atoms with Crippen LogP contribution in [-0.2, 0) is 0 Å². The third kappa shape index (κ3) is 3.61. The first-order valence-electron chi connectivity index (χ1n) is 3.90. The molecule has 13 heavy (non-hydrogen) atoms. The van der Waals surface area contributed by atoms with E-state index in [1.807, 2.05) is 19.0 Å². The molecule has 0 radical (unpaired) electrons. The number of likely N-dealkylation sites (N-methyl/N-ethyl adjacent to an activating group) is 1. The van der Waals surface area contributed by atoms with Gasteiger partial charge in [0, 0.05) is 13.1 Å². The minimum Gasteiger partial charge on any atom is -0.365 e. The van der Waals surface area contributed by atoms with Crippen LogP contribution in [0.3, 0.4) is 0 Å². The summed E-state index contributed by atoms with van der Waals surface area (Å²) in [5, 5.41) is 17.5. The van der Waals surface area contributed by atoms with E-state index in [2.05, 4.69) is 25.7 Å². The molecular formula is C6H13N7. The van der Waals surface area contributed by atoms with Gasteiger partial charge < -0.3 is 16.0 Å². The number of nitrogens with zero attached hydrogens (tertiary/aromatic N) is 5. The Morgan fingerprint density at radius 2 is 1.85 bits per heavy atom. The number of anilines is 2. The Morgan fingerprint density at radius 3 is 2.38 bits per heavy atom. The maximum absolute atomic E-state index is 5.22. The molecule has 0 aliphatic heterocycles.